The second-order valence-electron chi connectivity index (χ2n) is 5.26. The summed E-state index contributed by atoms with van der Waals surface area (Å²) in [5, 5.41) is 9.61. The molecule has 1 saturated heterocycles. The predicted molar refractivity (Wildman–Crippen MR) is 74.9 cm³/mol. The normalized spacial score (nSPS) is 17.4. The standard InChI is InChI=1S/C14H15F3N4/c15-14(16,17)9-5-7-21(8-6-9)13-11-4-2-1-3-10(11)12(18)19-20-13/h1-4,9H,5-8H2,(H2,18,19). The van der Waals surface area contributed by atoms with Crippen LogP contribution >= 0.6 is 0 Å². The maximum Gasteiger partial charge on any atom is 0.391 e. The molecule has 1 aromatic carbocycles. The van der Waals surface area contributed by atoms with Crippen molar-refractivity contribution in [1.82, 2.24) is 10.2 Å². The number of benzene rings is 1. The lowest BCUT2D eigenvalue weighted by molar-refractivity contribution is -0.179. The van der Waals surface area contributed by atoms with E-state index in [0.29, 0.717) is 24.7 Å². The smallest absolute Gasteiger partial charge is 0.382 e. The second-order valence-corrected chi connectivity index (χ2v) is 5.26. The molecule has 0 atom stereocenters. The lowest BCUT2D eigenvalue weighted by Crippen LogP contribution is -2.39. The van der Waals surface area contributed by atoms with Crippen molar-refractivity contribution in [3.8, 4) is 0 Å². The monoisotopic (exact) mass is 296 g/mol. The molecule has 1 aromatic heterocycles. The van der Waals surface area contributed by atoms with E-state index in [1.807, 2.05) is 29.2 Å². The SMILES string of the molecule is Nc1nnc(N2CCC(C(F)(F)F)CC2)c2ccccc12. The largest absolute Gasteiger partial charge is 0.391 e. The molecule has 2 aromatic rings. The van der Waals surface area contributed by atoms with Gasteiger partial charge in [-0.1, -0.05) is 24.3 Å². The number of anilines is 2. The molecule has 3 rings (SSSR count). The van der Waals surface area contributed by atoms with E-state index >= 15 is 0 Å². The van der Waals surface area contributed by atoms with Gasteiger partial charge in [0, 0.05) is 23.9 Å². The molecule has 1 fully saturated rings. The van der Waals surface area contributed by atoms with Gasteiger partial charge < -0.3 is 10.6 Å². The second kappa shape index (κ2) is 5.05. The molecule has 4 nitrogen and oxygen atoms in total. The molecule has 1 aliphatic heterocycles. The zero-order valence-electron chi connectivity index (χ0n) is 11.3. The van der Waals surface area contributed by atoms with E-state index < -0.39 is 12.1 Å². The highest BCUT2D eigenvalue weighted by Gasteiger charge is 2.41. The fourth-order valence-corrected chi connectivity index (χ4v) is 2.76. The number of nitrogen functional groups attached to an aromatic ring is 1. The first kappa shape index (κ1) is 13.9. The number of hydrogen-bond donors (Lipinski definition) is 1. The number of rotatable bonds is 1. The van der Waals surface area contributed by atoms with Gasteiger partial charge in [0.1, 0.15) is 0 Å². The Labute approximate surface area is 119 Å². The van der Waals surface area contributed by atoms with Gasteiger partial charge in [-0.25, -0.2) is 0 Å². The topological polar surface area (TPSA) is 55.0 Å². The highest BCUT2D eigenvalue weighted by Crippen LogP contribution is 2.36. The lowest BCUT2D eigenvalue weighted by atomic mass is 9.96. The van der Waals surface area contributed by atoms with Crippen LogP contribution in [0.1, 0.15) is 12.8 Å². The fraction of sp³-hybridized carbons (Fsp3) is 0.429. The third-order valence-electron chi connectivity index (χ3n) is 3.95. The summed E-state index contributed by atoms with van der Waals surface area (Å²) >= 11 is 0. The molecule has 112 valence electrons. The quantitative estimate of drug-likeness (QED) is 0.879. The third kappa shape index (κ3) is 2.59. The van der Waals surface area contributed by atoms with Gasteiger partial charge in [-0.3, -0.25) is 0 Å². The molecule has 0 unspecified atom stereocenters. The number of alkyl halides is 3. The van der Waals surface area contributed by atoms with Gasteiger partial charge in [0.15, 0.2) is 11.6 Å². The van der Waals surface area contributed by atoms with Gasteiger partial charge >= 0.3 is 6.18 Å². The number of fused-ring (bicyclic) bond motifs is 1. The summed E-state index contributed by atoms with van der Waals surface area (Å²) in [5.74, 6) is -0.276. The van der Waals surface area contributed by atoms with Crippen LogP contribution in [0.3, 0.4) is 0 Å². The van der Waals surface area contributed by atoms with E-state index in [2.05, 4.69) is 10.2 Å². The molecule has 1 aliphatic rings. The van der Waals surface area contributed by atoms with E-state index in [1.54, 1.807) is 0 Å². The number of hydrogen-bond acceptors (Lipinski definition) is 4. The Morgan fingerprint density at radius 1 is 1.05 bits per heavy atom. The maximum absolute atomic E-state index is 12.7. The number of nitrogens with two attached hydrogens (primary N) is 1. The van der Waals surface area contributed by atoms with Crippen molar-refractivity contribution in [3.05, 3.63) is 24.3 Å². The summed E-state index contributed by atoms with van der Waals surface area (Å²) < 4.78 is 38.1. The van der Waals surface area contributed by atoms with Gasteiger partial charge in [-0.2, -0.15) is 13.2 Å². The molecule has 2 heterocycles. The molecule has 0 aliphatic carbocycles. The molecule has 0 saturated carbocycles. The number of nitrogens with zero attached hydrogens (tertiary/aromatic N) is 3. The van der Waals surface area contributed by atoms with E-state index in [9.17, 15) is 13.2 Å². The number of piperidine rings is 1. The van der Waals surface area contributed by atoms with Crippen molar-refractivity contribution in [1.29, 1.82) is 0 Å². The molecule has 0 bridgehead atoms. The molecule has 7 heteroatoms. The minimum absolute atomic E-state index is 0.0872. The van der Waals surface area contributed by atoms with Crippen LogP contribution in [0.4, 0.5) is 24.8 Å². The van der Waals surface area contributed by atoms with Gasteiger partial charge in [0.05, 0.1) is 5.92 Å². The Balaban J connectivity index is 1.88. The molecule has 2 N–H and O–H groups in total. The van der Waals surface area contributed by atoms with Crippen molar-refractivity contribution in [2.45, 2.75) is 19.0 Å². The Kier molecular flexibility index (Phi) is 3.35. The Morgan fingerprint density at radius 3 is 2.29 bits per heavy atom. The highest BCUT2D eigenvalue weighted by molar-refractivity contribution is 5.97. The van der Waals surface area contributed by atoms with Crippen LogP contribution in [0.25, 0.3) is 10.8 Å². The average Bonchev–Trinajstić information content (AvgIpc) is 2.47. The predicted octanol–water partition coefficient (Wildman–Crippen LogP) is 2.99. The lowest BCUT2D eigenvalue weighted by Gasteiger charge is -2.33. The third-order valence-corrected chi connectivity index (χ3v) is 3.95. The van der Waals surface area contributed by atoms with Crippen LogP contribution < -0.4 is 10.6 Å². The highest BCUT2D eigenvalue weighted by atomic mass is 19.4. The maximum atomic E-state index is 12.7. The summed E-state index contributed by atoms with van der Waals surface area (Å²) in [5.41, 5.74) is 5.79. The summed E-state index contributed by atoms with van der Waals surface area (Å²) in [7, 11) is 0. The van der Waals surface area contributed by atoms with E-state index in [-0.39, 0.29) is 12.8 Å². The van der Waals surface area contributed by atoms with Gasteiger partial charge in [-0.05, 0) is 12.8 Å². The fourth-order valence-electron chi connectivity index (χ4n) is 2.76. The number of halogens is 3. The minimum Gasteiger partial charge on any atom is -0.382 e. The van der Waals surface area contributed by atoms with E-state index in [0.717, 1.165) is 10.8 Å². The van der Waals surface area contributed by atoms with Crippen molar-refractivity contribution in [2.24, 2.45) is 5.92 Å². The average molecular weight is 296 g/mol. The molecule has 0 amide bonds. The molecular weight excluding hydrogens is 281 g/mol. The van der Waals surface area contributed by atoms with Gasteiger partial charge in [0.2, 0.25) is 0 Å². The van der Waals surface area contributed by atoms with Crippen LogP contribution in [0.5, 0.6) is 0 Å². The first-order valence-corrected chi connectivity index (χ1v) is 6.79. The van der Waals surface area contributed by atoms with E-state index in [4.69, 9.17) is 5.73 Å². The first-order valence-electron chi connectivity index (χ1n) is 6.79. The van der Waals surface area contributed by atoms with Crippen LogP contribution in [-0.2, 0) is 0 Å². The van der Waals surface area contributed by atoms with Crippen LogP contribution in [0, 0.1) is 5.92 Å². The molecule has 0 radical (unpaired) electrons. The van der Waals surface area contributed by atoms with Crippen molar-refractivity contribution in [3.63, 3.8) is 0 Å². The van der Waals surface area contributed by atoms with E-state index in [1.165, 1.54) is 0 Å². The minimum atomic E-state index is -4.11. The number of aromatic nitrogens is 2. The molecule has 21 heavy (non-hydrogen) atoms. The van der Waals surface area contributed by atoms with Crippen molar-refractivity contribution < 1.29 is 13.2 Å². The van der Waals surface area contributed by atoms with Crippen molar-refractivity contribution in [2.75, 3.05) is 23.7 Å². The van der Waals surface area contributed by atoms with Gasteiger partial charge in [0.25, 0.3) is 0 Å². The molecule has 0 spiro atoms. The summed E-state index contributed by atoms with van der Waals surface area (Å²) in [6.45, 7) is 0.652. The zero-order valence-corrected chi connectivity index (χ0v) is 11.3. The summed E-state index contributed by atoms with van der Waals surface area (Å²) in [4.78, 5) is 1.86. The van der Waals surface area contributed by atoms with Crippen LogP contribution in [0.15, 0.2) is 24.3 Å². The summed E-state index contributed by atoms with van der Waals surface area (Å²) in [6, 6.07) is 7.41. The van der Waals surface area contributed by atoms with Gasteiger partial charge in [-0.15, -0.1) is 10.2 Å². The molecular formula is C14H15F3N4. The van der Waals surface area contributed by atoms with Crippen LogP contribution in [-0.4, -0.2) is 29.5 Å². The Hall–Kier alpha value is -2.05. The Morgan fingerprint density at radius 2 is 1.67 bits per heavy atom. The summed E-state index contributed by atoms with van der Waals surface area (Å²) in [6.07, 6.45) is -3.94. The first-order chi connectivity index (χ1) is 9.97. The Bertz CT molecular complexity index is 648. The van der Waals surface area contributed by atoms with Crippen LogP contribution in [0.2, 0.25) is 0 Å². The van der Waals surface area contributed by atoms with Crippen molar-refractivity contribution >= 4 is 22.4 Å². The zero-order chi connectivity index (χ0) is 15.0.